The first kappa shape index (κ1) is 18.6. The van der Waals surface area contributed by atoms with Gasteiger partial charge in [-0.3, -0.25) is 4.79 Å². The Morgan fingerprint density at radius 3 is 2.46 bits per heavy atom. The van der Waals surface area contributed by atoms with Crippen LogP contribution in [0, 0.1) is 5.82 Å². The van der Waals surface area contributed by atoms with E-state index >= 15 is 0 Å². The largest absolute Gasteiger partial charge is 0.489 e. The van der Waals surface area contributed by atoms with E-state index in [1.165, 1.54) is 24.3 Å². The number of halogens is 4. The second-order valence-corrected chi connectivity index (χ2v) is 5.84. The fourth-order valence-electron chi connectivity index (χ4n) is 1.72. The van der Waals surface area contributed by atoms with Crippen LogP contribution in [0.5, 0.6) is 11.5 Å². The summed E-state index contributed by atoms with van der Waals surface area (Å²) in [4.78, 5) is 11.7. The summed E-state index contributed by atoms with van der Waals surface area (Å²) in [7, 11) is 0. The molecule has 2 aromatic rings. The standard InChI is InChI=1S/C16H13Cl3FNO3/c17-10-7-12(19)15(8-11(10)18)24-9-16(22)21-5-6-23-14-4-2-1-3-13(14)20/h1-4,7-8H,5-6,9H2,(H,21,22). The zero-order chi connectivity index (χ0) is 17.5. The third-order valence-corrected chi connectivity index (χ3v) is 3.87. The van der Waals surface area contributed by atoms with E-state index in [0.29, 0.717) is 5.02 Å². The Kier molecular flexibility index (Phi) is 6.97. The Hall–Kier alpha value is -1.69. The third-order valence-electron chi connectivity index (χ3n) is 2.85. The molecular weight excluding hydrogens is 380 g/mol. The van der Waals surface area contributed by atoms with Gasteiger partial charge in [-0.25, -0.2) is 4.39 Å². The number of hydrogen-bond donors (Lipinski definition) is 1. The molecule has 0 aromatic heterocycles. The average molecular weight is 393 g/mol. The lowest BCUT2D eigenvalue weighted by Gasteiger charge is -2.10. The van der Waals surface area contributed by atoms with Crippen molar-refractivity contribution in [3.63, 3.8) is 0 Å². The van der Waals surface area contributed by atoms with E-state index in [4.69, 9.17) is 44.3 Å². The predicted octanol–water partition coefficient (Wildman–Crippen LogP) is 4.36. The van der Waals surface area contributed by atoms with E-state index in [9.17, 15) is 9.18 Å². The molecule has 0 spiro atoms. The minimum atomic E-state index is -0.457. The van der Waals surface area contributed by atoms with Gasteiger partial charge in [0, 0.05) is 6.07 Å². The van der Waals surface area contributed by atoms with Gasteiger partial charge >= 0.3 is 0 Å². The molecule has 0 bridgehead atoms. The molecule has 128 valence electrons. The smallest absolute Gasteiger partial charge is 0.258 e. The summed E-state index contributed by atoms with van der Waals surface area (Å²) in [6, 6.07) is 8.89. The van der Waals surface area contributed by atoms with E-state index in [-0.39, 0.29) is 47.2 Å². The molecule has 8 heteroatoms. The molecule has 0 aliphatic carbocycles. The van der Waals surface area contributed by atoms with Crippen molar-refractivity contribution in [3.05, 3.63) is 57.3 Å². The van der Waals surface area contributed by atoms with E-state index in [1.54, 1.807) is 12.1 Å². The van der Waals surface area contributed by atoms with Crippen molar-refractivity contribution in [1.82, 2.24) is 5.32 Å². The van der Waals surface area contributed by atoms with Gasteiger partial charge in [0.1, 0.15) is 12.4 Å². The molecule has 0 unspecified atom stereocenters. The number of benzene rings is 2. The van der Waals surface area contributed by atoms with Crippen LogP contribution in [-0.4, -0.2) is 25.7 Å². The topological polar surface area (TPSA) is 47.6 Å². The molecule has 0 aliphatic rings. The number of carbonyl (C=O) groups excluding carboxylic acids is 1. The van der Waals surface area contributed by atoms with Crippen molar-refractivity contribution < 1.29 is 18.7 Å². The molecule has 0 fully saturated rings. The Morgan fingerprint density at radius 1 is 1.00 bits per heavy atom. The first-order chi connectivity index (χ1) is 11.5. The summed E-state index contributed by atoms with van der Waals surface area (Å²) in [6.07, 6.45) is 0. The SMILES string of the molecule is O=C(COc1cc(Cl)c(Cl)cc1Cl)NCCOc1ccccc1F. The highest BCUT2D eigenvalue weighted by atomic mass is 35.5. The van der Waals surface area contributed by atoms with Crippen molar-refractivity contribution in [2.45, 2.75) is 0 Å². The van der Waals surface area contributed by atoms with Crippen molar-refractivity contribution in [3.8, 4) is 11.5 Å². The first-order valence-corrected chi connectivity index (χ1v) is 8.02. The molecule has 1 N–H and O–H groups in total. The van der Waals surface area contributed by atoms with Gasteiger partial charge in [0.2, 0.25) is 0 Å². The average Bonchev–Trinajstić information content (AvgIpc) is 2.55. The van der Waals surface area contributed by atoms with Crippen LogP contribution in [0.25, 0.3) is 0 Å². The van der Waals surface area contributed by atoms with Crippen LogP contribution in [0.4, 0.5) is 4.39 Å². The number of hydrogen-bond acceptors (Lipinski definition) is 3. The summed E-state index contributed by atoms with van der Waals surface area (Å²) < 4.78 is 23.8. The predicted molar refractivity (Wildman–Crippen MR) is 91.9 cm³/mol. The van der Waals surface area contributed by atoms with Gasteiger partial charge in [0.25, 0.3) is 5.91 Å². The van der Waals surface area contributed by atoms with Gasteiger partial charge in [-0.05, 0) is 18.2 Å². The summed E-state index contributed by atoms with van der Waals surface area (Å²) in [5, 5.41) is 3.39. The minimum Gasteiger partial charge on any atom is -0.489 e. The van der Waals surface area contributed by atoms with Crippen LogP contribution in [-0.2, 0) is 4.79 Å². The van der Waals surface area contributed by atoms with E-state index < -0.39 is 5.82 Å². The number of nitrogens with one attached hydrogen (secondary N) is 1. The maximum atomic E-state index is 13.3. The van der Waals surface area contributed by atoms with Crippen LogP contribution in [0.1, 0.15) is 0 Å². The van der Waals surface area contributed by atoms with Crippen LogP contribution in [0.15, 0.2) is 36.4 Å². The van der Waals surface area contributed by atoms with Crippen molar-refractivity contribution in [1.29, 1.82) is 0 Å². The van der Waals surface area contributed by atoms with Gasteiger partial charge in [0.15, 0.2) is 18.2 Å². The van der Waals surface area contributed by atoms with Crippen LogP contribution in [0.3, 0.4) is 0 Å². The summed E-state index contributed by atoms with van der Waals surface area (Å²) >= 11 is 17.6. The fraction of sp³-hybridized carbons (Fsp3) is 0.188. The highest BCUT2D eigenvalue weighted by molar-refractivity contribution is 6.43. The number of ether oxygens (including phenoxy) is 2. The number of amides is 1. The molecule has 1 amide bonds. The molecule has 2 aromatic carbocycles. The van der Waals surface area contributed by atoms with E-state index in [1.807, 2.05) is 0 Å². The highest BCUT2D eigenvalue weighted by Crippen LogP contribution is 2.33. The molecule has 0 saturated carbocycles. The second-order valence-electron chi connectivity index (χ2n) is 4.61. The summed E-state index contributed by atoms with van der Waals surface area (Å²) in [5.74, 6) is -0.454. The Morgan fingerprint density at radius 2 is 1.71 bits per heavy atom. The van der Waals surface area contributed by atoms with Gasteiger partial charge in [0.05, 0.1) is 21.6 Å². The first-order valence-electron chi connectivity index (χ1n) is 6.88. The molecule has 0 saturated heterocycles. The van der Waals surface area contributed by atoms with E-state index in [0.717, 1.165) is 0 Å². The van der Waals surface area contributed by atoms with Gasteiger partial charge < -0.3 is 14.8 Å². The quantitative estimate of drug-likeness (QED) is 0.562. The molecule has 0 aliphatic heterocycles. The lowest BCUT2D eigenvalue weighted by Crippen LogP contribution is -2.32. The van der Waals surface area contributed by atoms with Crippen molar-refractivity contribution in [2.75, 3.05) is 19.8 Å². The van der Waals surface area contributed by atoms with Crippen LogP contribution < -0.4 is 14.8 Å². The molecular formula is C16H13Cl3FNO3. The molecule has 2 rings (SSSR count). The highest BCUT2D eigenvalue weighted by Gasteiger charge is 2.09. The molecule has 0 atom stereocenters. The maximum absolute atomic E-state index is 13.3. The van der Waals surface area contributed by atoms with Crippen molar-refractivity contribution >= 4 is 40.7 Å². The number of para-hydroxylation sites is 1. The summed E-state index contributed by atoms with van der Waals surface area (Å²) in [5.41, 5.74) is 0. The fourth-order valence-corrected chi connectivity index (χ4v) is 2.31. The molecule has 24 heavy (non-hydrogen) atoms. The maximum Gasteiger partial charge on any atom is 0.258 e. The van der Waals surface area contributed by atoms with Crippen LogP contribution in [0.2, 0.25) is 15.1 Å². The lowest BCUT2D eigenvalue weighted by molar-refractivity contribution is -0.123. The third kappa shape index (κ3) is 5.44. The van der Waals surface area contributed by atoms with Crippen LogP contribution >= 0.6 is 34.8 Å². The van der Waals surface area contributed by atoms with Gasteiger partial charge in [-0.1, -0.05) is 46.9 Å². The molecule has 0 heterocycles. The Bertz CT molecular complexity index is 728. The zero-order valence-corrected chi connectivity index (χ0v) is 14.6. The molecule has 4 nitrogen and oxygen atoms in total. The zero-order valence-electron chi connectivity index (χ0n) is 12.3. The summed E-state index contributed by atoms with van der Waals surface area (Å²) in [6.45, 7) is 0.0726. The Labute approximate surface area is 153 Å². The van der Waals surface area contributed by atoms with Gasteiger partial charge in [-0.15, -0.1) is 0 Å². The van der Waals surface area contributed by atoms with Gasteiger partial charge in [-0.2, -0.15) is 0 Å². The minimum absolute atomic E-state index is 0.125. The monoisotopic (exact) mass is 391 g/mol. The number of carbonyl (C=O) groups is 1. The Balaban J connectivity index is 1.72. The van der Waals surface area contributed by atoms with E-state index in [2.05, 4.69) is 5.32 Å². The number of rotatable bonds is 7. The second kappa shape index (κ2) is 8.97. The van der Waals surface area contributed by atoms with Crippen molar-refractivity contribution in [2.24, 2.45) is 0 Å². The normalized spacial score (nSPS) is 10.3. The molecule has 0 radical (unpaired) electrons. The lowest BCUT2D eigenvalue weighted by atomic mass is 10.3.